The molecule has 3 aromatic rings. The van der Waals surface area contributed by atoms with Gasteiger partial charge in [0.15, 0.2) is 5.01 Å². The number of hydrogen-bond acceptors (Lipinski definition) is 6. The highest BCUT2D eigenvalue weighted by Gasteiger charge is 2.38. The van der Waals surface area contributed by atoms with Gasteiger partial charge in [-0.2, -0.15) is 31.3 Å². The average molecular weight is 393 g/mol. The Balaban J connectivity index is 1.82. The summed E-state index contributed by atoms with van der Waals surface area (Å²) in [6.07, 6.45) is -8.83. The molecule has 0 aliphatic rings. The fraction of sp³-hybridized carbons (Fsp3) is 0.143. The molecule has 0 spiro atoms. The number of carbonyl (C=O) groups is 1. The summed E-state index contributed by atoms with van der Waals surface area (Å²) in [6.45, 7) is 0. The van der Waals surface area contributed by atoms with Crippen molar-refractivity contribution in [3.8, 4) is 11.4 Å². The fourth-order valence-electron chi connectivity index (χ4n) is 1.86. The molecule has 0 saturated heterocycles. The number of halogens is 6. The number of rotatable bonds is 3. The molecule has 0 radical (unpaired) electrons. The molecule has 0 N–H and O–H groups in total. The van der Waals surface area contributed by atoms with Crippen molar-refractivity contribution >= 4 is 17.1 Å². The minimum Gasteiger partial charge on any atom is -0.329 e. The van der Waals surface area contributed by atoms with Crippen molar-refractivity contribution in [3.63, 3.8) is 0 Å². The predicted octanol–water partition coefficient (Wildman–Crippen LogP) is 4.46. The van der Waals surface area contributed by atoms with Crippen LogP contribution in [0.25, 0.3) is 11.4 Å². The first-order valence-electron chi connectivity index (χ1n) is 6.65. The van der Waals surface area contributed by atoms with Crippen molar-refractivity contribution in [1.29, 1.82) is 0 Å². The lowest BCUT2D eigenvalue weighted by Gasteiger charge is -2.00. The molecule has 2 aromatic heterocycles. The van der Waals surface area contributed by atoms with Crippen LogP contribution in [-0.2, 0) is 12.4 Å². The van der Waals surface area contributed by atoms with Crippen molar-refractivity contribution in [3.05, 3.63) is 51.8 Å². The molecule has 12 heteroatoms. The number of aromatic nitrogens is 3. The van der Waals surface area contributed by atoms with Gasteiger partial charge < -0.3 is 4.52 Å². The summed E-state index contributed by atoms with van der Waals surface area (Å²) in [4.78, 5) is 17.8. The molecule has 0 amide bonds. The van der Waals surface area contributed by atoms with E-state index in [2.05, 4.69) is 19.6 Å². The Hall–Kier alpha value is -2.76. The third-order valence-corrected chi connectivity index (χ3v) is 4.09. The zero-order chi connectivity index (χ0) is 19.1. The minimum atomic E-state index is -4.79. The van der Waals surface area contributed by atoms with Crippen LogP contribution >= 0.6 is 11.3 Å². The van der Waals surface area contributed by atoms with E-state index in [9.17, 15) is 31.1 Å². The van der Waals surface area contributed by atoms with Gasteiger partial charge >= 0.3 is 18.2 Å². The van der Waals surface area contributed by atoms with Crippen molar-refractivity contribution in [2.75, 3.05) is 0 Å². The topological polar surface area (TPSA) is 68.9 Å². The van der Waals surface area contributed by atoms with Gasteiger partial charge in [0.2, 0.25) is 11.6 Å². The molecular weight excluding hydrogens is 388 g/mol. The largest absolute Gasteiger partial charge is 0.471 e. The molecule has 0 bridgehead atoms. The molecule has 0 aliphatic carbocycles. The average Bonchev–Trinajstić information content (AvgIpc) is 3.23. The van der Waals surface area contributed by atoms with Crippen molar-refractivity contribution in [1.82, 2.24) is 15.1 Å². The molecule has 3 rings (SSSR count). The molecule has 0 fully saturated rings. The van der Waals surface area contributed by atoms with E-state index < -0.39 is 28.9 Å². The van der Waals surface area contributed by atoms with Crippen LogP contribution in [0.5, 0.6) is 0 Å². The summed E-state index contributed by atoms with van der Waals surface area (Å²) in [6, 6.07) is 4.93. The second kappa shape index (κ2) is 6.20. The summed E-state index contributed by atoms with van der Waals surface area (Å²) >= 11 is 0.199. The van der Waals surface area contributed by atoms with E-state index >= 15 is 0 Å². The number of hydrogen-bond donors (Lipinski definition) is 0. The van der Waals surface area contributed by atoms with Crippen molar-refractivity contribution < 1.29 is 35.7 Å². The van der Waals surface area contributed by atoms with E-state index in [0.29, 0.717) is 6.20 Å². The molecule has 136 valence electrons. The summed E-state index contributed by atoms with van der Waals surface area (Å²) in [5, 5.41) is 2.83. The number of nitrogens with zero attached hydrogens (tertiary/aromatic N) is 3. The van der Waals surface area contributed by atoms with Gasteiger partial charge in [-0.25, -0.2) is 4.98 Å². The number of carbonyl (C=O) groups excluding carboxylic acids is 1. The predicted molar refractivity (Wildman–Crippen MR) is 75.3 cm³/mol. The Morgan fingerprint density at radius 1 is 1.00 bits per heavy atom. The maximum Gasteiger partial charge on any atom is 0.471 e. The van der Waals surface area contributed by atoms with Gasteiger partial charge in [-0.3, -0.25) is 4.79 Å². The van der Waals surface area contributed by atoms with Crippen LogP contribution < -0.4 is 0 Å². The van der Waals surface area contributed by atoms with Gasteiger partial charge in [0.25, 0.3) is 0 Å². The third kappa shape index (κ3) is 3.59. The normalized spacial score (nSPS) is 12.4. The smallest absolute Gasteiger partial charge is 0.329 e. The SMILES string of the molecule is O=C(c1ccc(-c2noc(C(F)(F)F)n2)cc1)c1ncc(C(F)(F)F)s1. The number of thiazole rings is 1. The summed E-state index contributed by atoms with van der Waals surface area (Å²) in [5.41, 5.74) is 0.146. The Morgan fingerprint density at radius 2 is 1.65 bits per heavy atom. The molecule has 0 unspecified atom stereocenters. The standard InChI is InChI=1S/C14H5F6N3O2S/c15-13(16,17)8-5-21-11(26-8)9(24)6-1-3-7(4-2-6)10-22-12(25-23-10)14(18,19)20/h1-5H. The summed E-state index contributed by atoms with van der Waals surface area (Å²) in [7, 11) is 0. The van der Waals surface area contributed by atoms with Gasteiger partial charge in [0.1, 0.15) is 4.88 Å². The van der Waals surface area contributed by atoms with Crippen LogP contribution in [0.15, 0.2) is 35.0 Å². The van der Waals surface area contributed by atoms with Crippen LogP contribution in [0.1, 0.15) is 26.1 Å². The van der Waals surface area contributed by atoms with E-state index in [1.54, 1.807) is 0 Å². The third-order valence-electron chi connectivity index (χ3n) is 3.05. The van der Waals surface area contributed by atoms with Gasteiger partial charge in [-0.1, -0.05) is 29.4 Å². The summed E-state index contributed by atoms with van der Waals surface area (Å²) < 4.78 is 79.0. The zero-order valence-corrected chi connectivity index (χ0v) is 13.0. The van der Waals surface area contributed by atoms with Crippen molar-refractivity contribution in [2.24, 2.45) is 0 Å². The molecule has 1 aromatic carbocycles. The molecule has 0 atom stereocenters. The Bertz CT molecular complexity index is 943. The molecule has 26 heavy (non-hydrogen) atoms. The van der Waals surface area contributed by atoms with E-state index in [1.807, 2.05) is 0 Å². The number of ketones is 1. The van der Waals surface area contributed by atoms with Gasteiger partial charge in [-0.05, 0) is 0 Å². The zero-order valence-electron chi connectivity index (χ0n) is 12.2. The fourth-order valence-corrected chi connectivity index (χ4v) is 2.61. The highest BCUT2D eigenvalue weighted by molar-refractivity contribution is 7.13. The molecule has 0 aliphatic heterocycles. The second-order valence-corrected chi connectivity index (χ2v) is 5.89. The van der Waals surface area contributed by atoms with Crippen LogP contribution in [-0.4, -0.2) is 20.9 Å². The first-order chi connectivity index (χ1) is 12.1. The van der Waals surface area contributed by atoms with Crippen LogP contribution in [0.3, 0.4) is 0 Å². The molecular formula is C14H5F6N3O2S. The molecule has 5 nitrogen and oxygen atoms in total. The van der Waals surface area contributed by atoms with Crippen molar-refractivity contribution in [2.45, 2.75) is 12.4 Å². The van der Waals surface area contributed by atoms with E-state index in [0.717, 1.165) is 0 Å². The van der Waals surface area contributed by atoms with E-state index in [1.165, 1.54) is 24.3 Å². The Labute approximate surface area is 144 Å². The Morgan fingerprint density at radius 3 is 2.15 bits per heavy atom. The first kappa shape index (κ1) is 18.0. The van der Waals surface area contributed by atoms with E-state index in [-0.39, 0.29) is 33.3 Å². The van der Waals surface area contributed by atoms with Gasteiger partial charge in [0, 0.05) is 11.1 Å². The van der Waals surface area contributed by atoms with Gasteiger partial charge in [-0.15, -0.1) is 11.3 Å². The van der Waals surface area contributed by atoms with Crippen LogP contribution in [0.2, 0.25) is 0 Å². The van der Waals surface area contributed by atoms with Gasteiger partial charge in [0.05, 0.1) is 6.20 Å². The minimum absolute atomic E-state index is 0.0105. The number of alkyl halides is 6. The summed E-state index contributed by atoms with van der Waals surface area (Å²) in [5.74, 6) is -2.61. The van der Waals surface area contributed by atoms with E-state index in [4.69, 9.17) is 0 Å². The monoisotopic (exact) mass is 393 g/mol. The van der Waals surface area contributed by atoms with Crippen LogP contribution in [0, 0.1) is 0 Å². The van der Waals surface area contributed by atoms with Crippen LogP contribution in [0.4, 0.5) is 26.3 Å². The first-order valence-corrected chi connectivity index (χ1v) is 7.46. The Kier molecular flexibility index (Phi) is 4.30. The number of benzene rings is 1. The maximum atomic E-state index is 12.5. The molecule has 2 heterocycles. The maximum absolute atomic E-state index is 12.5. The lowest BCUT2D eigenvalue weighted by atomic mass is 10.1. The second-order valence-electron chi connectivity index (χ2n) is 4.85. The quantitative estimate of drug-likeness (QED) is 0.485. The lowest BCUT2D eigenvalue weighted by Crippen LogP contribution is -2.04. The molecule has 0 saturated carbocycles. The lowest BCUT2D eigenvalue weighted by molar-refractivity contribution is -0.159. The highest BCUT2D eigenvalue weighted by atomic mass is 32.1. The highest BCUT2D eigenvalue weighted by Crippen LogP contribution is 2.34.